The Labute approximate surface area is 112 Å². The lowest BCUT2D eigenvalue weighted by Crippen LogP contribution is -2.35. The van der Waals surface area contributed by atoms with Crippen LogP contribution >= 0.6 is 11.3 Å². The van der Waals surface area contributed by atoms with Crippen molar-refractivity contribution in [3.8, 4) is 0 Å². The fourth-order valence-corrected chi connectivity index (χ4v) is 3.06. The van der Waals surface area contributed by atoms with Gasteiger partial charge >= 0.3 is 0 Å². The highest BCUT2D eigenvalue weighted by Gasteiger charge is 2.43. The average molecular weight is 283 g/mol. The van der Waals surface area contributed by atoms with Crippen molar-refractivity contribution in [2.75, 3.05) is 6.61 Å². The molecule has 0 radical (unpaired) electrons. The smallest absolute Gasteiger partial charge is 0.261 e. The molecule has 3 rings (SSSR count). The largest absolute Gasteiger partial charge is 0.394 e. The summed E-state index contributed by atoms with van der Waals surface area (Å²) in [6, 6.07) is 3.47. The molecule has 0 spiro atoms. The molecule has 6 nitrogen and oxygen atoms in total. The maximum Gasteiger partial charge on any atom is 0.261 e. The normalized spacial score (nSPS) is 31.1. The summed E-state index contributed by atoms with van der Waals surface area (Å²) in [5, 5.41) is 31.0. The predicted octanol–water partition coefficient (Wildman–Crippen LogP) is -0.326. The zero-order chi connectivity index (χ0) is 13.6. The highest BCUT2D eigenvalue weighted by Crippen LogP contribution is 2.29. The van der Waals surface area contributed by atoms with Gasteiger partial charge in [0.2, 0.25) is 0 Å². The van der Waals surface area contributed by atoms with E-state index in [0.717, 1.165) is 4.70 Å². The van der Waals surface area contributed by atoms with Gasteiger partial charge in [-0.3, -0.25) is 9.36 Å². The lowest BCUT2D eigenvalue weighted by Gasteiger charge is -2.17. The van der Waals surface area contributed by atoms with E-state index in [1.54, 1.807) is 12.1 Å². The van der Waals surface area contributed by atoms with Crippen molar-refractivity contribution in [3.05, 3.63) is 34.1 Å². The van der Waals surface area contributed by atoms with Gasteiger partial charge in [0, 0.05) is 10.9 Å². The number of thiophene rings is 1. The van der Waals surface area contributed by atoms with Gasteiger partial charge in [-0.25, -0.2) is 0 Å². The fourth-order valence-electron chi connectivity index (χ4n) is 2.29. The van der Waals surface area contributed by atoms with Crippen LogP contribution in [0.2, 0.25) is 0 Å². The third-order valence-corrected chi connectivity index (χ3v) is 4.22. The number of hydrogen-bond donors (Lipinski definition) is 3. The van der Waals surface area contributed by atoms with Crippen LogP contribution in [0.1, 0.15) is 6.23 Å². The first-order chi connectivity index (χ1) is 9.13. The van der Waals surface area contributed by atoms with Crippen LogP contribution in [0.3, 0.4) is 0 Å². The number of hydrogen-bond acceptors (Lipinski definition) is 6. The maximum atomic E-state index is 12.3. The Morgan fingerprint density at radius 3 is 2.79 bits per heavy atom. The number of ether oxygens (including phenoxy) is 1. The molecule has 0 aromatic carbocycles. The van der Waals surface area contributed by atoms with E-state index in [9.17, 15) is 15.0 Å². The van der Waals surface area contributed by atoms with Crippen LogP contribution in [-0.4, -0.2) is 44.8 Å². The molecule has 1 fully saturated rings. The maximum absolute atomic E-state index is 12.3. The Balaban J connectivity index is 2.05. The zero-order valence-corrected chi connectivity index (χ0v) is 10.7. The van der Waals surface area contributed by atoms with E-state index in [4.69, 9.17) is 9.84 Å². The summed E-state index contributed by atoms with van der Waals surface area (Å²) >= 11 is 1.45. The molecule has 1 saturated heterocycles. The number of pyridine rings is 1. The van der Waals surface area contributed by atoms with Crippen molar-refractivity contribution in [1.82, 2.24) is 4.57 Å². The van der Waals surface area contributed by atoms with Crippen LogP contribution < -0.4 is 5.56 Å². The number of rotatable bonds is 2. The van der Waals surface area contributed by atoms with Crippen molar-refractivity contribution in [1.29, 1.82) is 0 Å². The topological polar surface area (TPSA) is 91.9 Å². The van der Waals surface area contributed by atoms with Gasteiger partial charge in [-0.15, -0.1) is 11.3 Å². The second-order valence-electron chi connectivity index (χ2n) is 4.46. The first-order valence-corrected chi connectivity index (χ1v) is 6.72. The highest BCUT2D eigenvalue weighted by molar-refractivity contribution is 7.17. The minimum Gasteiger partial charge on any atom is -0.394 e. The second kappa shape index (κ2) is 4.69. The number of aliphatic hydroxyl groups is 3. The Hall–Kier alpha value is -1.25. The third-order valence-electron chi connectivity index (χ3n) is 3.34. The number of aromatic nitrogens is 1. The lowest BCUT2D eigenvalue weighted by atomic mass is 10.1. The van der Waals surface area contributed by atoms with Gasteiger partial charge < -0.3 is 20.1 Å². The molecule has 0 bridgehead atoms. The van der Waals surface area contributed by atoms with Gasteiger partial charge in [0.1, 0.15) is 18.3 Å². The molecule has 1 aliphatic heterocycles. The summed E-state index contributed by atoms with van der Waals surface area (Å²) < 4.78 is 7.45. The molecule has 0 saturated carbocycles. The third kappa shape index (κ3) is 1.90. The minimum absolute atomic E-state index is 0.284. The highest BCUT2D eigenvalue weighted by atomic mass is 32.1. The molecular weight excluding hydrogens is 270 g/mol. The summed E-state index contributed by atoms with van der Waals surface area (Å²) in [4.78, 5) is 12.3. The van der Waals surface area contributed by atoms with Crippen LogP contribution in [0.15, 0.2) is 28.5 Å². The van der Waals surface area contributed by atoms with Gasteiger partial charge in [-0.2, -0.15) is 0 Å². The Morgan fingerprint density at radius 2 is 2.11 bits per heavy atom. The van der Waals surface area contributed by atoms with Gasteiger partial charge in [0.15, 0.2) is 6.23 Å². The van der Waals surface area contributed by atoms with E-state index in [2.05, 4.69) is 0 Å². The summed E-state index contributed by atoms with van der Waals surface area (Å²) in [7, 11) is 0. The van der Waals surface area contributed by atoms with Gasteiger partial charge in [-0.05, 0) is 17.5 Å². The number of fused-ring (bicyclic) bond motifs is 1. The quantitative estimate of drug-likeness (QED) is 0.702. The average Bonchev–Trinajstić information content (AvgIpc) is 2.98. The summed E-state index contributed by atoms with van der Waals surface area (Å²) in [5.74, 6) is 0. The number of nitrogens with zero attached hydrogens (tertiary/aromatic N) is 1. The monoisotopic (exact) mass is 283 g/mol. The first kappa shape index (κ1) is 12.8. The van der Waals surface area contributed by atoms with Crippen LogP contribution in [0.4, 0.5) is 0 Å². The molecule has 3 heterocycles. The molecular formula is C12H13NO5S. The molecule has 2 aromatic heterocycles. The van der Waals surface area contributed by atoms with Crippen LogP contribution in [0, 0.1) is 0 Å². The standard InChI is InChI=1S/C12H13NO5S/c14-5-7-9(15)10(16)12(18-7)13-3-1-8-6(11(13)17)2-4-19-8/h1-4,7,9-10,12,14-16H,5H2/t7-,9-,10-,12-/m1/s1. The first-order valence-electron chi connectivity index (χ1n) is 5.84. The van der Waals surface area contributed by atoms with E-state index >= 15 is 0 Å². The van der Waals surface area contributed by atoms with Crippen molar-refractivity contribution in [3.63, 3.8) is 0 Å². The predicted molar refractivity (Wildman–Crippen MR) is 69.1 cm³/mol. The molecule has 3 N–H and O–H groups in total. The Morgan fingerprint density at radius 1 is 1.32 bits per heavy atom. The Bertz CT molecular complexity index is 651. The molecule has 0 amide bonds. The van der Waals surface area contributed by atoms with E-state index in [-0.39, 0.29) is 5.56 Å². The van der Waals surface area contributed by atoms with E-state index in [1.165, 1.54) is 22.1 Å². The molecule has 102 valence electrons. The summed E-state index contributed by atoms with van der Waals surface area (Å²) in [6.45, 7) is -0.413. The minimum atomic E-state index is -1.24. The summed E-state index contributed by atoms with van der Waals surface area (Å²) in [6.07, 6.45) is -2.79. The fraction of sp³-hybridized carbons (Fsp3) is 0.417. The molecule has 7 heteroatoms. The van der Waals surface area contributed by atoms with Crippen molar-refractivity contribution in [2.24, 2.45) is 0 Å². The molecule has 19 heavy (non-hydrogen) atoms. The van der Waals surface area contributed by atoms with Gasteiger partial charge in [-0.1, -0.05) is 0 Å². The van der Waals surface area contributed by atoms with Gasteiger partial charge in [0.05, 0.1) is 12.0 Å². The lowest BCUT2D eigenvalue weighted by molar-refractivity contribution is -0.0541. The molecule has 0 aliphatic carbocycles. The van der Waals surface area contributed by atoms with E-state index in [1.807, 2.05) is 5.38 Å². The van der Waals surface area contributed by atoms with E-state index < -0.39 is 31.1 Å². The van der Waals surface area contributed by atoms with Crippen molar-refractivity contribution >= 4 is 21.4 Å². The van der Waals surface area contributed by atoms with Crippen molar-refractivity contribution in [2.45, 2.75) is 24.5 Å². The van der Waals surface area contributed by atoms with Crippen LogP contribution in [0.5, 0.6) is 0 Å². The molecule has 0 unspecified atom stereocenters. The SMILES string of the molecule is O=c1c2ccsc2ccn1[C@@H]1O[C@H](CO)[C@@H](O)[C@H]1O. The Kier molecular flexibility index (Phi) is 3.15. The second-order valence-corrected chi connectivity index (χ2v) is 5.40. The van der Waals surface area contributed by atoms with E-state index in [0.29, 0.717) is 5.39 Å². The molecule has 1 aliphatic rings. The van der Waals surface area contributed by atoms with Gasteiger partial charge in [0.25, 0.3) is 5.56 Å². The van der Waals surface area contributed by atoms with Crippen LogP contribution in [0.25, 0.3) is 10.1 Å². The summed E-state index contributed by atoms with van der Waals surface area (Å²) in [5.41, 5.74) is -0.284. The van der Waals surface area contributed by atoms with Crippen LogP contribution in [-0.2, 0) is 4.74 Å². The molecule has 2 aromatic rings. The van der Waals surface area contributed by atoms with Crippen molar-refractivity contribution < 1.29 is 20.1 Å². The molecule has 4 atom stereocenters. The number of aliphatic hydroxyl groups excluding tert-OH is 3. The zero-order valence-electron chi connectivity index (χ0n) is 9.84.